The maximum Gasteiger partial charge on any atom is 0.188 e. The van der Waals surface area contributed by atoms with Crippen LogP contribution < -0.4 is 0 Å². The van der Waals surface area contributed by atoms with Crippen molar-refractivity contribution in [1.82, 2.24) is 0 Å². The third-order valence-corrected chi connectivity index (χ3v) is 1.69. The van der Waals surface area contributed by atoms with Crippen LogP contribution in [-0.2, 0) is 4.79 Å². The van der Waals surface area contributed by atoms with Crippen LogP contribution in [0.25, 0.3) is 0 Å². The first-order chi connectivity index (χ1) is 4.57. The van der Waals surface area contributed by atoms with E-state index < -0.39 is 18.1 Å². The Morgan fingerprint density at radius 2 is 2.10 bits per heavy atom. The highest BCUT2D eigenvalue weighted by Crippen LogP contribution is 2.11. The predicted octanol–water partition coefficient (Wildman–Crippen LogP) is -1.06. The maximum atomic E-state index is 10.3. The number of carbonyl (C=O) groups is 1. The number of rotatable bonds is 3. The third-order valence-electron chi connectivity index (χ3n) is 0.803. The highest BCUT2D eigenvalue weighted by Gasteiger charge is 2.16. The van der Waals surface area contributed by atoms with E-state index in [1.807, 2.05) is 0 Å². The molecule has 0 aromatic heterocycles. The van der Waals surface area contributed by atoms with E-state index in [-0.39, 0.29) is 5.12 Å². The van der Waals surface area contributed by atoms with Gasteiger partial charge >= 0.3 is 0 Å². The number of aliphatic hydroxyl groups excluding tert-OH is 3. The Morgan fingerprint density at radius 1 is 1.60 bits per heavy atom. The van der Waals surface area contributed by atoms with Crippen LogP contribution in [0.1, 0.15) is 6.92 Å². The van der Waals surface area contributed by atoms with E-state index in [0.29, 0.717) is 11.8 Å². The highest BCUT2D eigenvalue weighted by molar-refractivity contribution is 8.13. The molecule has 10 heavy (non-hydrogen) atoms. The van der Waals surface area contributed by atoms with Crippen molar-refractivity contribution in [3.63, 3.8) is 0 Å². The first-order valence-electron chi connectivity index (χ1n) is 2.72. The van der Waals surface area contributed by atoms with Gasteiger partial charge in [0, 0.05) is 6.92 Å². The Hall–Kier alpha value is -0.100. The van der Waals surface area contributed by atoms with E-state index in [2.05, 4.69) is 0 Å². The second-order valence-electron chi connectivity index (χ2n) is 1.75. The highest BCUT2D eigenvalue weighted by atomic mass is 32.2. The summed E-state index contributed by atoms with van der Waals surface area (Å²) in [5.74, 6) is 0. The third kappa shape index (κ3) is 3.84. The molecule has 0 saturated carbocycles. The van der Waals surface area contributed by atoms with Gasteiger partial charge in [0.05, 0.1) is 6.61 Å². The lowest BCUT2D eigenvalue weighted by molar-refractivity contribution is -0.109. The van der Waals surface area contributed by atoms with E-state index in [1.165, 1.54) is 6.92 Å². The van der Waals surface area contributed by atoms with E-state index in [0.717, 1.165) is 0 Å². The van der Waals surface area contributed by atoms with Crippen molar-refractivity contribution in [2.45, 2.75) is 18.5 Å². The van der Waals surface area contributed by atoms with Crippen LogP contribution in [0.15, 0.2) is 0 Å². The van der Waals surface area contributed by atoms with Crippen LogP contribution in [-0.4, -0.2) is 38.6 Å². The SMILES string of the molecule is CC(=O)SC(O)C(O)CO. The number of hydrogen-bond acceptors (Lipinski definition) is 5. The molecular weight excluding hydrogens is 156 g/mol. The largest absolute Gasteiger partial charge is 0.394 e. The molecule has 0 amide bonds. The van der Waals surface area contributed by atoms with Crippen molar-refractivity contribution < 1.29 is 20.1 Å². The van der Waals surface area contributed by atoms with Gasteiger partial charge in [0.25, 0.3) is 0 Å². The molecule has 0 aliphatic heterocycles. The maximum absolute atomic E-state index is 10.3. The summed E-state index contributed by atoms with van der Waals surface area (Å²) in [6.45, 7) is 0.736. The molecule has 0 rings (SSSR count). The lowest BCUT2D eigenvalue weighted by atomic mass is 10.4. The standard InChI is InChI=1S/C5H10O4S/c1-3(7)10-5(9)4(8)2-6/h4-6,8-9H,2H2,1H3. The normalized spacial score (nSPS) is 16.4. The fourth-order valence-corrected chi connectivity index (χ4v) is 0.922. The van der Waals surface area contributed by atoms with Gasteiger partial charge in [0.1, 0.15) is 11.5 Å². The summed E-state index contributed by atoms with van der Waals surface area (Å²) < 4.78 is 0. The van der Waals surface area contributed by atoms with Crippen molar-refractivity contribution in [1.29, 1.82) is 0 Å². The molecule has 4 nitrogen and oxygen atoms in total. The summed E-state index contributed by atoms with van der Waals surface area (Å²) in [4.78, 5) is 10.3. The molecule has 0 aromatic rings. The van der Waals surface area contributed by atoms with Crippen LogP contribution in [0.3, 0.4) is 0 Å². The molecule has 2 atom stereocenters. The molecule has 0 saturated heterocycles. The van der Waals surface area contributed by atoms with Crippen LogP contribution in [0.4, 0.5) is 0 Å². The quantitative estimate of drug-likeness (QED) is 0.466. The summed E-state index contributed by atoms with van der Waals surface area (Å²) in [6, 6.07) is 0. The summed E-state index contributed by atoms with van der Waals surface area (Å²) in [6.07, 6.45) is -1.24. The number of thioether (sulfide) groups is 1. The van der Waals surface area contributed by atoms with Gasteiger partial charge in [-0.15, -0.1) is 0 Å². The summed E-state index contributed by atoms with van der Waals surface area (Å²) >= 11 is 0.594. The van der Waals surface area contributed by atoms with Gasteiger partial charge in [-0.1, -0.05) is 11.8 Å². The fourth-order valence-electron chi connectivity index (χ4n) is 0.339. The minimum absolute atomic E-state index is 0.292. The Kier molecular flexibility index (Phi) is 4.63. The van der Waals surface area contributed by atoms with Crippen molar-refractivity contribution in [3.8, 4) is 0 Å². The summed E-state index contributed by atoms with van der Waals surface area (Å²) in [5.41, 5.74) is -1.22. The zero-order valence-corrected chi connectivity index (χ0v) is 6.34. The van der Waals surface area contributed by atoms with Gasteiger partial charge in [-0.3, -0.25) is 4.79 Å². The molecule has 0 aromatic carbocycles. The second-order valence-corrected chi connectivity index (χ2v) is 3.04. The Bertz CT molecular complexity index is 116. The van der Waals surface area contributed by atoms with Crippen LogP contribution in [0.2, 0.25) is 0 Å². The van der Waals surface area contributed by atoms with E-state index in [9.17, 15) is 4.79 Å². The predicted molar refractivity (Wildman–Crippen MR) is 37.4 cm³/mol. The number of hydrogen-bond donors (Lipinski definition) is 3. The molecule has 0 aliphatic carbocycles. The van der Waals surface area contributed by atoms with Gasteiger partial charge < -0.3 is 15.3 Å². The fraction of sp³-hybridized carbons (Fsp3) is 0.800. The zero-order valence-electron chi connectivity index (χ0n) is 5.52. The molecule has 0 bridgehead atoms. The monoisotopic (exact) mass is 166 g/mol. The van der Waals surface area contributed by atoms with Gasteiger partial charge in [-0.25, -0.2) is 0 Å². The molecule has 0 heterocycles. The molecule has 0 fully saturated rings. The first kappa shape index (κ1) is 9.90. The lowest BCUT2D eigenvalue weighted by Crippen LogP contribution is -2.27. The Balaban J connectivity index is 3.61. The molecule has 3 N–H and O–H groups in total. The topological polar surface area (TPSA) is 77.8 Å². The van der Waals surface area contributed by atoms with E-state index in [1.54, 1.807) is 0 Å². The van der Waals surface area contributed by atoms with Gasteiger partial charge in [-0.05, 0) is 0 Å². The van der Waals surface area contributed by atoms with Crippen molar-refractivity contribution in [2.24, 2.45) is 0 Å². The zero-order chi connectivity index (χ0) is 8.15. The summed E-state index contributed by atoms with van der Waals surface area (Å²) in [7, 11) is 0. The van der Waals surface area contributed by atoms with E-state index >= 15 is 0 Å². The van der Waals surface area contributed by atoms with Crippen molar-refractivity contribution >= 4 is 16.9 Å². The average Bonchev–Trinajstić information content (AvgIpc) is 1.85. The van der Waals surface area contributed by atoms with Crippen LogP contribution in [0.5, 0.6) is 0 Å². The molecule has 60 valence electrons. The van der Waals surface area contributed by atoms with Gasteiger partial charge in [0.15, 0.2) is 5.12 Å². The smallest absolute Gasteiger partial charge is 0.188 e. The molecular formula is C5H10O4S. The van der Waals surface area contributed by atoms with Crippen molar-refractivity contribution in [3.05, 3.63) is 0 Å². The van der Waals surface area contributed by atoms with Gasteiger partial charge in [-0.2, -0.15) is 0 Å². The first-order valence-corrected chi connectivity index (χ1v) is 3.60. The van der Waals surface area contributed by atoms with Crippen molar-refractivity contribution in [2.75, 3.05) is 6.61 Å². The number of aliphatic hydroxyl groups is 3. The molecule has 0 radical (unpaired) electrons. The Morgan fingerprint density at radius 3 is 2.40 bits per heavy atom. The molecule has 2 unspecified atom stereocenters. The lowest BCUT2D eigenvalue weighted by Gasteiger charge is -2.12. The second kappa shape index (κ2) is 4.68. The van der Waals surface area contributed by atoms with Crippen LogP contribution in [0, 0.1) is 0 Å². The molecule has 0 aliphatic rings. The van der Waals surface area contributed by atoms with E-state index in [4.69, 9.17) is 15.3 Å². The van der Waals surface area contributed by atoms with Gasteiger partial charge in [0.2, 0.25) is 0 Å². The minimum Gasteiger partial charge on any atom is -0.394 e. The number of carbonyl (C=O) groups excluding carboxylic acids is 1. The average molecular weight is 166 g/mol. The molecule has 5 heteroatoms. The summed E-state index contributed by atoms with van der Waals surface area (Å²) in [5, 5.41) is 25.5. The minimum atomic E-state index is -1.24. The Labute approximate surface area is 62.9 Å². The van der Waals surface area contributed by atoms with Crippen LogP contribution >= 0.6 is 11.8 Å². The molecule has 0 spiro atoms.